The molecular formula is C23H34N6O5S. The fraction of sp³-hybridized carbons (Fsp3) is 0.565. The maximum Gasteiger partial charge on any atom is 0.275 e. The zero-order valence-electron chi connectivity index (χ0n) is 20.7. The van der Waals surface area contributed by atoms with Crippen LogP contribution in [0.5, 0.6) is 5.75 Å². The van der Waals surface area contributed by atoms with Gasteiger partial charge in [-0.2, -0.15) is 0 Å². The molecule has 192 valence electrons. The second-order valence-corrected chi connectivity index (χ2v) is 10.2. The number of carbonyl (C=O) groups is 1. The third-order valence-electron chi connectivity index (χ3n) is 5.92. The molecule has 0 aliphatic carbocycles. The first-order chi connectivity index (χ1) is 16.7. The standard InChI is InChI=1S/C23H34N6O5S/c1-5-8-20(30)24-16(4)21-22(31)25-23(27-26-21)35(32,33)19-15-17(9-10-18(19)34-7-3)29-13-11-28(6-2)12-14-29/h9-10,15-16H,5-8,11-14H2,1-4H3,(H,24,30)(H,25,27,31). The third kappa shape index (κ3) is 6.17. The highest BCUT2D eigenvalue weighted by Gasteiger charge is 2.29. The smallest absolute Gasteiger partial charge is 0.275 e. The lowest BCUT2D eigenvalue weighted by atomic mass is 10.2. The third-order valence-corrected chi connectivity index (χ3v) is 7.51. The quantitative estimate of drug-likeness (QED) is 0.491. The fourth-order valence-corrected chi connectivity index (χ4v) is 5.20. The highest BCUT2D eigenvalue weighted by atomic mass is 32.2. The molecule has 1 fully saturated rings. The van der Waals surface area contributed by atoms with Crippen molar-refractivity contribution in [3.05, 3.63) is 34.2 Å². The molecule has 1 aliphatic rings. The highest BCUT2D eigenvalue weighted by Crippen LogP contribution is 2.32. The number of benzene rings is 1. The SMILES string of the molecule is CCCC(=O)NC(C)c1nnc(S(=O)(=O)c2cc(N3CCN(CC)CC3)ccc2OCC)[nH]c1=O. The van der Waals surface area contributed by atoms with Crippen molar-refractivity contribution in [2.24, 2.45) is 0 Å². The van der Waals surface area contributed by atoms with Gasteiger partial charge in [0, 0.05) is 38.3 Å². The molecule has 1 aliphatic heterocycles. The van der Waals surface area contributed by atoms with E-state index in [1.807, 2.05) is 13.0 Å². The lowest BCUT2D eigenvalue weighted by molar-refractivity contribution is -0.121. The molecule has 0 spiro atoms. The van der Waals surface area contributed by atoms with Gasteiger partial charge < -0.3 is 19.9 Å². The lowest BCUT2D eigenvalue weighted by Crippen LogP contribution is -2.46. The van der Waals surface area contributed by atoms with Crippen molar-refractivity contribution in [1.82, 2.24) is 25.4 Å². The molecule has 1 atom stereocenters. The number of anilines is 1. The van der Waals surface area contributed by atoms with Crippen LogP contribution in [-0.2, 0) is 14.6 Å². The van der Waals surface area contributed by atoms with Gasteiger partial charge in [0.2, 0.25) is 15.7 Å². The first kappa shape index (κ1) is 26.6. The van der Waals surface area contributed by atoms with E-state index in [0.29, 0.717) is 12.8 Å². The van der Waals surface area contributed by atoms with Crippen LogP contribution >= 0.6 is 0 Å². The number of hydrogen-bond donors (Lipinski definition) is 2. The predicted molar refractivity (Wildman–Crippen MR) is 132 cm³/mol. The van der Waals surface area contributed by atoms with Gasteiger partial charge in [-0.25, -0.2) is 8.42 Å². The van der Waals surface area contributed by atoms with Gasteiger partial charge in [-0.15, -0.1) is 10.2 Å². The molecule has 0 radical (unpaired) electrons. The molecule has 0 bridgehead atoms. The number of sulfone groups is 1. The Hall–Kier alpha value is -2.99. The Balaban J connectivity index is 1.93. The van der Waals surface area contributed by atoms with Gasteiger partial charge in [0.05, 0.1) is 12.6 Å². The molecule has 3 rings (SSSR count). The van der Waals surface area contributed by atoms with Crippen molar-refractivity contribution in [2.75, 3.05) is 44.2 Å². The Morgan fingerprint density at radius 3 is 2.49 bits per heavy atom. The van der Waals surface area contributed by atoms with Crippen molar-refractivity contribution >= 4 is 21.4 Å². The topological polar surface area (TPSA) is 138 Å². The van der Waals surface area contributed by atoms with Gasteiger partial charge in [0.15, 0.2) is 5.69 Å². The van der Waals surface area contributed by atoms with Crippen molar-refractivity contribution in [3.8, 4) is 5.75 Å². The predicted octanol–water partition coefficient (Wildman–Crippen LogP) is 1.52. The van der Waals surface area contributed by atoms with Crippen LogP contribution in [0.1, 0.15) is 52.3 Å². The largest absolute Gasteiger partial charge is 0.492 e. The molecule has 35 heavy (non-hydrogen) atoms. The molecule has 11 nitrogen and oxygen atoms in total. The summed E-state index contributed by atoms with van der Waals surface area (Å²) in [7, 11) is -4.24. The Kier molecular flexibility index (Phi) is 8.84. The van der Waals surface area contributed by atoms with Gasteiger partial charge in [0.1, 0.15) is 10.6 Å². The van der Waals surface area contributed by atoms with E-state index in [1.54, 1.807) is 26.0 Å². The number of amides is 1. The molecule has 2 heterocycles. The highest BCUT2D eigenvalue weighted by molar-refractivity contribution is 7.91. The van der Waals surface area contributed by atoms with E-state index < -0.39 is 26.6 Å². The summed E-state index contributed by atoms with van der Waals surface area (Å²) in [4.78, 5) is 31.2. The van der Waals surface area contributed by atoms with Gasteiger partial charge in [-0.05, 0) is 45.0 Å². The van der Waals surface area contributed by atoms with Crippen LogP contribution in [0.2, 0.25) is 0 Å². The summed E-state index contributed by atoms with van der Waals surface area (Å²) in [6, 6.07) is 4.31. The molecule has 0 saturated carbocycles. The van der Waals surface area contributed by atoms with Crippen LogP contribution in [0.3, 0.4) is 0 Å². The van der Waals surface area contributed by atoms with E-state index in [1.165, 1.54) is 0 Å². The number of likely N-dealkylation sites (N-methyl/N-ethyl adjacent to an activating group) is 1. The van der Waals surface area contributed by atoms with Gasteiger partial charge in [-0.1, -0.05) is 13.8 Å². The van der Waals surface area contributed by atoms with Crippen molar-refractivity contribution in [2.45, 2.75) is 56.6 Å². The van der Waals surface area contributed by atoms with E-state index in [4.69, 9.17) is 4.74 Å². The summed E-state index contributed by atoms with van der Waals surface area (Å²) in [6.07, 6.45) is 0.972. The Bertz CT molecular complexity index is 1190. The van der Waals surface area contributed by atoms with Crippen molar-refractivity contribution in [3.63, 3.8) is 0 Å². The second-order valence-electron chi connectivity index (χ2n) is 8.37. The maximum atomic E-state index is 13.5. The van der Waals surface area contributed by atoms with E-state index in [0.717, 1.165) is 38.4 Å². The van der Waals surface area contributed by atoms with Crippen LogP contribution < -0.4 is 20.5 Å². The van der Waals surface area contributed by atoms with Crippen LogP contribution in [0.15, 0.2) is 33.0 Å². The van der Waals surface area contributed by atoms with Gasteiger partial charge >= 0.3 is 0 Å². The summed E-state index contributed by atoms with van der Waals surface area (Å²) in [5.74, 6) is -0.0498. The number of nitrogens with zero attached hydrogens (tertiary/aromatic N) is 4. The average Bonchev–Trinajstić information content (AvgIpc) is 2.84. The average molecular weight is 507 g/mol. The summed E-state index contributed by atoms with van der Waals surface area (Å²) < 4.78 is 32.6. The minimum Gasteiger partial charge on any atom is -0.492 e. The van der Waals surface area contributed by atoms with Crippen molar-refractivity contribution in [1.29, 1.82) is 0 Å². The van der Waals surface area contributed by atoms with Gasteiger partial charge in [0.25, 0.3) is 10.7 Å². The molecule has 2 N–H and O–H groups in total. The summed E-state index contributed by atoms with van der Waals surface area (Å²) in [5, 5.41) is 9.74. The number of aromatic amines is 1. The number of aromatic nitrogens is 3. The Morgan fingerprint density at radius 2 is 1.89 bits per heavy atom. The first-order valence-corrected chi connectivity index (χ1v) is 13.4. The minimum absolute atomic E-state index is 0.0685. The normalized spacial score (nSPS) is 15.6. The number of rotatable bonds is 10. The summed E-state index contributed by atoms with van der Waals surface area (Å²) in [6.45, 7) is 11.9. The molecule has 1 unspecified atom stereocenters. The number of piperazine rings is 1. The number of carbonyl (C=O) groups excluding carboxylic acids is 1. The molecule has 1 aromatic carbocycles. The molecule has 1 amide bonds. The number of hydrogen-bond acceptors (Lipinski definition) is 9. The monoisotopic (exact) mass is 506 g/mol. The van der Waals surface area contributed by atoms with Crippen LogP contribution in [0.4, 0.5) is 5.69 Å². The van der Waals surface area contributed by atoms with Gasteiger partial charge in [-0.3, -0.25) is 14.6 Å². The lowest BCUT2D eigenvalue weighted by Gasteiger charge is -2.35. The zero-order chi connectivity index (χ0) is 25.6. The maximum absolute atomic E-state index is 13.5. The summed E-state index contributed by atoms with van der Waals surface area (Å²) in [5.41, 5.74) is -0.0457. The minimum atomic E-state index is -4.24. The van der Waals surface area contributed by atoms with Crippen LogP contribution in [0.25, 0.3) is 0 Å². The van der Waals surface area contributed by atoms with E-state index in [-0.39, 0.29) is 28.9 Å². The van der Waals surface area contributed by atoms with E-state index >= 15 is 0 Å². The molecule has 1 aromatic heterocycles. The zero-order valence-corrected chi connectivity index (χ0v) is 21.5. The first-order valence-electron chi connectivity index (χ1n) is 12.0. The number of nitrogens with one attached hydrogen (secondary N) is 2. The van der Waals surface area contributed by atoms with Crippen LogP contribution in [-0.4, -0.2) is 73.7 Å². The van der Waals surface area contributed by atoms with Crippen molar-refractivity contribution < 1.29 is 17.9 Å². The fourth-order valence-electron chi connectivity index (χ4n) is 3.95. The van der Waals surface area contributed by atoms with E-state index in [9.17, 15) is 18.0 Å². The van der Waals surface area contributed by atoms with E-state index in [2.05, 4.69) is 37.2 Å². The molecule has 12 heteroatoms. The Morgan fingerprint density at radius 1 is 1.17 bits per heavy atom. The summed E-state index contributed by atoms with van der Waals surface area (Å²) >= 11 is 0. The number of H-pyrrole nitrogens is 1. The number of ether oxygens (including phenoxy) is 1. The Labute approximate surface area is 205 Å². The molecule has 2 aromatic rings. The molecular weight excluding hydrogens is 472 g/mol. The van der Waals surface area contributed by atoms with Crippen LogP contribution in [0, 0.1) is 0 Å². The second kappa shape index (κ2) is 11.6. The molecule has 1 saturated heterocycles.